The fraction of sp³-hybridized carbons (Fsp3) is 0.310. The highest BCUT2D eigenvalue weighted by Gasteiger charge is 2.46. The number of aromatic nitrogens is 4. The molecule has 0 saturated carbocycles. The first kappa shape index (κ1) is 32.6. The molecule has 1 fully saturated rings. The molecule has 1 unspecified atom stereocenters. The minimum absolute atomic E-state index is 0.0328. The number of carbonyl (C=O) groups excluding carboxylic acids is 1. The van der Waals surface area contributed by atoms with Crippen molar-refractivity contribution < 1.29 is 36.5 Å². The molecule has 0 radical (unpaired) electrons. The van der Waals surface area contributed by atoms with E-state index in [0.29, 0.717) is 28.2 Å². The lowest BCUT2D eigenvalue weighted by atomic mass is 9.97. The Morgan fingerprint density at radius 2 is 1.84 bits per heavy atom. The number of nitrogens with zero attached hydrogens (tertiary/aromatic N) is 4. The monoisotopic (exact) mass is 662 g/mol. The van der Waals surface area contributed by atoms with Crippen LogP contribution in [0.15, 0.2) is 70.7 Å². The molecule has 1 atom stereocenters. The maximum atomic E-state index is 13.4. The van der Waals surface area contributed by atoms with Crippen LogP contribution < -0.4 is 10.2 Å². The molecule has 0 aliphatic carbocycles. The molecule has 11 nitrogen and oxygen atoms in total. The summed E-state index contributed by atoms with van der Waals surface area (Å²) >= 11 is 1.24. The van der Waals surface area contributed by atoms with E-state index in [4.69, 9.17) is 9.05 Å². The Morgan fingerprint density at radius 1 is 1.13 bits per heavy atom. The average molecular weight is 663 g/mol. The lowest BCUT2D eigenvalue weighted by Crippen LogP contribution is -2.61. The standard InChI is InChI=1S/C29H30F3N6O5PS/c1-4-42-44(40,41)43-28(3)16-38(17-28)26-15-24(33-25-13-18(2)36-37-25)34-27(35-26)45-20-11-9-19(10-12-20)14-23(39)21-7-5-6-8-22(21)29(30,31)32/h5-13,15H,4,14,16-17H2,1-3H3,(H,40,41)(H2,33,34,35,36,37). The lowest BCUT2D eigenvalue weighted by Gasteiger charge is -2.48. The lowest BCUT2D eigenvalue weighted by molar-refractivity contribution is -0.137. The molecule has 2 aromatic carbocycles. The second-order valence-corrected chi connectivity index (χ2v) is 13.0. The van der Waals surface area contributed by atoms with Gasteiger partial charge in [-0.25, -0.2) is 14.5 Å². The molecule has 1 aliphatic rings. The number of anilines is 3. The highest BCUT2D eigenvalue weighted by Crippen LogP contribution is 2.50. The number of aromatic amines is 1. The molecule has 45 heavy (non-hydrogen) atoms. The smallest absolute Gasteiger partial charge is 0.350 e. The average Bonchev–Trinajstić information content (AvgIpc) is 3.36. The number of Topliss-reactive ketones (excluding diaryl/α,β-unsaturated/α-hetero) is 1. The number of phosphoric ester groups is 1. The van der Waals surface area contributed by atoms with Crippen LogP contribution in [-0.4, -0.2) is 56.1 Å². The van der Waals surface area contributed by atoms with Gasteiger partial charge in [0, 0.05) is 34.7 Å². The number of halogens is 3. The number of nitrogens with one attached hydrogen (secondary N) is 2. The van der Waals surface area contributed by atoms with E-state index >= 15 is 0 Å². The summed E-state index contributed by atoms with van der Waals surface area (Å²) in [6.07, 6.45) is -4.82. The molecule has 0 spiro atoms. The summed E-state index contributed by atoms with van der Waals surface area (Å²) in [6.45, 7) is 5.74. The van der Waals surface area contributed by atoms with Crippen molar-refractivity contribution in [3.8, 4) is 0 Å². The topological polar surface area (TPSA) is 143 Å². The molecular formula is C29H30F3N6O5PS. The molecule has 1 saturated heterocycles. The summed E-state index contributed by atoms with van der Waals surface area (Å²) in [4.78, 5) is 34.6. The van der Waals surface area contributed by atoms with E-state index in [-0.39, 0.29) is 31.7 Å². The van der Waals surface area contributed by atoms with Crippen LogP contribution in [0.25, 0.3) is 0 Å². The summed E-state index contributed by atoms with van der Waals surface area (Å²) in [5, 5.41) is 10.6. The SMILES string of the molecule is CCOP(=O)(O)OC1(C)CN(c2cc(Nc3cc(C)[nH]n3)nc(Sc3ccc(CC(=O)c4ccccc4C(F)(F)F)cc3)n2)C1. The maximum absolute atomic E-state index is 13.4. The molecule has 2 aromatic heterocycles. The Balaban J connectivity index is 1.32. The van der Waals surface area contributed by atoms with Crippen LogP contribution in [0, 0.1) is 6.92 Å². The number of hydrogen-bond donors (Lipinski definition) is 3. The van der Waals surface area contributed by atoms with Gasteiger partial charge in [0.25, 0.3) is 0 Å². The summed E-state index contributed by atoms with van der Waals surface area (Å²) in [5.74, 6) is 0.909. The zero-order valence-corrected chi connectivity index (χ0v) is 26.2. The van der Waals surface area contributed by atoms with E-state index < -0.39 is 30.9 Å². The number of hydrogen-bond acceptors (Lipinski definition) is 10. The van der Waals surface area contributed by atoms with Gasteiger partial charge in [-0.3, -0.25) is 18.9 Å². The Morgan fingerprint density at radius 3 is 2.49 bits per heavy atom. The third-order valence-electron chi connectivity index (χ3n) is 6.69. The normalized spacial score (nSPS) is 15.8. The fourth-order valence-corrected chi connectivity index (χ4v) is 6.60. The van der Waals surface area contributed by atoms with Crippen LogP contribution in [0.5, 0.6) is 0 Å². The minimum atomic E-state index is -4.63. The first-order valence-corrected chi connectivity index (χ1v) is 16.1. The second-order valence-electron chi connectivity index (χ2n) is 10.6. The van der Waals surface area contributed by atoms with Gasteiger partial charge in [-0.2, -0.15) is 18.3 Å². The number of benzene rings is 2. The van der Waals surface area contributed by atoms with E-state index in [0.717, 1.165) is 16.7 Å². The third kappa shape index (κ3) is 8.30. The van der Waals surface area contributed by atoms with Crippen molar-refractivity contribution in [1.82, 2.24) is 20.2 Å². The second kappa shape index (κ2) is 12.9. The molecule has 4 aromatic rings. The van der Waals surface area contributed by atoms with Gasteiger partial charge in [0.1, 0.15) is 17.2 Å². The molecule has 0 amide bonds. The predicted octanol–water partition coefficient (Wildman–Crippen LogP) is 6.58. The van der Waals surface area contributed by atoms with Crippen molar-refractivity contribution in [2.75, 3.05) is 29.9 Å². The van der Waals surface area contributed by atoms with Gasteiger partial charge in [0.15, 0.2) is 16.8 Å². The Bertz CT molecular complexity index is 1730. The summed E-state index contributed by atoms with van der Waals surface area (Å²) < 4.78 is 62.6. The third-order valence-corrected chi connectivity index (χ3v) is 8.82. The van der Waals surface area contributed by atoms with Crippen molar-refractivity contribution in [3.05, 3.63) is 83.0 Å². The number of rotatable bonds is 12. The fourth-order valence-electron chi connectivity index (χ4n) is 4.78. The van der Waals surface area contributed by atoms with E-state index in [1.165, 1.54) is 30.0 Å². The van der Waals surface area contributed by atoms with Gasteiger partial charge in [-0.15, -0.1) is 0 Å². The molecule has 5 rings (SSSR count). The van der Waals surface area contributed by atoms with Gasteiger partial charge >= 0.3 is 14.0 Å². The van der Waals surface area contributed by atoms with Crippen LogP contribution in [0.4, 0.5) is 30.6 Å². The summed E-state index contributed by atoms with van der Waals surface area (Å²) in [5.41, 5.74) is -0.852. The van der Waals surface area contributed by atoms with Crippen LogP contribution in [0.3, 0.4) is 0 Å². The Kier molecular flexibility index (Phi) is 9.38. The molecule has 1 aliphatic heterocycles. The molecule has 0 bridgehead atoms. The number of alkyl halides is 3. The maximum Gasteiger partial charge on any atom is 0.472 e. The number of ketones is 1. The van der Waals surface area contributed by atoms with Gasteiger partial charge in [-0.1, -0.05) is 30.3 Å². The first-order chi connectivity index (χ1) is 21.2. The van der Waals surface area contributed by atoms with Crippen LogP contribution in [-0.2, 0) is 26.2 Å². The first-order valence-electron chi connectivity index (χ1n) is 13.8. The van der Waals surface area contributed by atoms with E-state index in [1.807, 2.05) is 17.9 Å². The molecular weight excluding hydrogens is 632 g/mol. The largest absolute Gasteiger partial charge is 0.472 e. The van der Waals surface area contributed by atoms with Crippen LogP contribution in [0.2, 0.25) is 0 Å². The Hall–Kier alpha value is -3.75. The van der Waals surface area contributed by atoms with Crippen LogP contribution >= 0.6 is 19.6 Å². The van der Waals surface area contributed by atoms with Crippen molar-refractivity contribution in [3.63, 3.8) is 0 Å². The van der Waals surface area contributed by atoms with Gasteiger partial charge in [0.2, 0.25) is 0 Å². The highest BCUT2D eigenvalue weighted by atomic mass is 32.2. The van der Waals surface area contributed by atoms with Gasteiger partial charge in [-0.05, 0) is 56.3 Å². The summed E-state index contributed by atoms with van der Waals surface area (Å²) in [6, 6.07) is 15.1. The summed E-state index contributed by atoms with van der Waals surface area (Å²) in [7, 11) is -4.21. The predicted molar refractivity (Wildman–Crippen MR) is 162 cm³/mol. The molecule has 3 N–H and O–H groups in total. The Labute approximate surface area is 261 Å². The van der Waals surface area contributed by atoms with E-state index in [9.17, 15) is 27.4 Å². The molecule has 3 heterocycles. The van der Waals surface area contributed by atoms with Crippen molar-refractivity contribution in [2.45, 2.75) is 49.0 Å². The number of phosphoric acid groups is 1. The molecule has 16 heteroatoms. The zero-order chi connectivity index (χ0) is 32.4. The van der Waals surface area contributed by atoms with E-state index in [1.54, 1.807) is 44.2 Å². The van der Waals surface area contributed by atoms with Crippen molar-refractivity contribution in [1.29, 1.82) is 0 Å². The van der Waals surface area contributed by atoms with Gasteiger partial charge < -0.3 is 15.1 Å². The van der Waals surface area contributed by atoms with Crippen molar-refractivity contribution in [2.24, 2.45) is 0 Å². The number of carbonyl (C=O) groups is 1. The highest BCUT2D eigenvalue weighted by molar-refractivity contribution is 7.99. The van der Waals surface area contributed by atoms with Gasteiger partial charge in [0.05, 0.1) is 25.3 Å². The number of H-pyrrole nitrogens is 1. The molecule has 238 valence electrons. The number of aryl methyl sites for hydroxylation is 1. The quantitative estimate of drug-likeness (QED) is 0.0860. The van der Waals surface area contributed by atoms with Crippen LogP contribution in [0.1, 0.15) is 41.0 Å². The minimum Gasteiger partial charge on any atom is -0.350 e. The van der Waals surface area contributed by atoms with Crippen molar-refractivity contribution >= 4 is 42.8 Å². The zero-order valence-electron chi connectivity index (χ0n) is 24.5. The van der Waals surface area contributed by atoms with E-state index in [2.05, 4.69) is 25.5 Å².